The average molecular weight is 210 g/mol. The van der Waals surface area contributed by atoms with Gasteiger partial charge in [0.2, 0.25) is 0 Å². The maximum atomic E-state index is 12.0. The molecule has 0 saturated carbocycles. The van der Waals surface area contributed by atoms with Crippen molar-refractivity contribution in [3.05, 3.63) is 29.6 Å². The minimum absolute atomic E-state index is 0.234. The summed E-state index contributed by atoms with van der Waals surface area (Å²) < 4.78 is 59.6. The van der Waals surface area contributed by atoms with E-state index in [0.717, 1.165) is 18.3 Å². The highest BCUT2D eigenvalue weighted by Gasteiger charge is 2.23. The largest absolute Gasteiger partial charge is 0.484 e. The van der Waals surface area contributed by atoms with Crippen molar-refractivity contribution in [2.45, 2.75) is 12.7 Å². The molecule has 0 fully saturated rings. The minimum Gasteiger partial charge on any atom is -0.449 e. The van der Waals surface area contributed by atoms with Crippen LogP contribution in [-0.4, -0.2) is 12.0 Å². The first-order valence-corrected chi connectivity index (χ1v) is 3.82. The van der Waals surface area contributed by atoms with Gasteiger partial charge in [0.25, 0.3) is 6.43 Å². The quantitative estimate of drug-likeness (QED) is 0.551. The van der Waals surface area contributed by atoms with Gasteiger partial charge in [-0.05, 0) is 12.4 Å². The minimum atomic E-state index is -4.96. The SMILES string of the molecule is FC(F)c1ccc(C[B-](F)(F)F)nc1. The van der Waals surface area contributed by atoms with Crippen molar-refractivity contribution >= 4 is 6.98 Å². The summed E-state index contributed by atoms with van der Waals surface area (Å²) in [6.45, 7) is -4.96. The van der Waals surface area contributed by atoms with Crippen LogP contribution in [0.5, 0.6) is 0 Å². The molecule has 0 amide bonds. The summed E-state index contributed by atoms with van der Waals surface area (Å²) in [6.07, 6.45) is -3.07. The van der Waals surface area contributed by atoms with Gasteiger partial charge in [0.15, 0.2) is 0 Å². The Morgan fingerprint density at radius 2 is 1.86 bits per heavy atom. The van der Waals surface area contributed by atoms with Crippen LogP contribution in [0.4, 0.5) is 21.7 Å². The summed E-state index contributed by atoms with van der Waals surface area (Å²) in [6, 6.07) is 1.92. The first-order chi connectivity index (χ1) is 6.38. The molecule has 1 rings (SSSR count). The van der Waals surface area contributed by atoms with E-state index in [4.69, 9.17) is 0 Å². The second-order valence-electron chi connectivity index (χ2n) is 2.80. The van der Waals surface area contributed by atoms with E-state index >= 15 is 0 Å². The molecule has 0 radical (unpaired) electrons. The van der Waals surface area contributed by atoms with Gasteiger partial charge in [-0.25, -0.2) is 8.78 Å². The van der Waals surface area contributed by atoms with Gasteiger partial charge in [0.05, 0.1) is 0 Å². The zero-order valence-electron chi connectivity index (χ0n) is 6.93. The smallest absolute Gasteiger partial charge is 0.449 e. The fraction of sp³-hybridized carbons (Fsp3) is 0.286. The van der Waals surface area contributed by atoms with Gasteiger partial charge < -0.3 is 12.9 Å². The molecule has 14 heavy (non-hydrogen) atoms. The van der Waals surface area contributed by atoms with Gasteiger partial charge in [0.1, 0.15) is 0 Å². The molecule has 0 aromatic carbocycles. The maximum absolute atomic E-state index is 12.0. The lowest BCUT2D eigenvalue weighted by atomic mass is 9.84. The number of pyridine rings is 1. The summed E-state index contributed by atoms with van der Waals surface area (Å²) in [4.78, 5) is 3.30. The summed E-state index contributed by atoms with van der Waals surface area (Å²) in [7, 11) is 0. The van der Waals surface area contributed by atoms with Gasteiger partial charge in [-0.15, -0.1) is 0 Å². The van der Waals surface area contributed by atoms with Crippen molar-refractivity contribution in [2.75, 3.05) is 0 Å². The molecule has 1 aromatic rings. The third-order valence-corrected chi connectivity index (χ3v) is 1.54. The van der Waals surface area contributed by atoms with Gasteiger partial charge in [-0.2, -0.15) is 0 Å². The molecular weight excluding hydrogens is 204 g/mol. The highest BCUT2D eigenvalue weighted by molar-refractivity contribution is 6.57. The summed E-state index contributed by atoms with van der Waals surface area (Å²) in [5, 5.41) is 0. The number of hydrogen-bond acceptors (Lipinski definition) is 1. The van der Waals surface area contributed by atoms with Crippen LogP contribution in [0.2, 0.25) is 0 Å². The van der Waals surface area contributed by atoms with Crippen LogP contribution in [0.25, 0.3) is 0 Å². The Morgan fingerprint density at radius 3 is 2.21 bits per heavy atom. The summed E-state index contributed by atoms with van der Waals surface area (Å²) >= 11 is 0. The van der Waals surface area contributed by atoms with Gasteiger partial charge in [-0.1, -0.05) is 6.07 Å². The second kappa shape index (κ2) is 3.94. The van der Waals surface area contributed by atoms with E-state index in [2.05, 4.69) is 4.98 Å². The van der Waals surface area contributed by atoms with E-state index < -0.39 is 19.7 Å². The van der Waals surface area contributed by atoms with E-state index in [-0.39, 0.29) is 11.3 Å². The Bertz CT molecular complexity index is 294. The highest BCUT2D eigenvalue weighted by atomic mass is 19.4. The van der Waals surface area contributed by atoms with Gasteiger partial charge in [0, 0.05) is 17.5 Å². The molecule has 78 valence electrons. The zero-order chi connectivity index (χ0) is 10.8. The lowest BCUT2D eigenvalue weighted by molar-refractivity contribution is 0.151. The van der Waals surface area contributed by atoms with Crippen LogP contribution in [0.15, 0.2) is 18.3 Å². The molecule has 0 aliphatic rings. The van der Waals surface area contributed by atoms with Gasteiger partial charge >= 0.3 is 6.98 Å². The van der Waals surface area contributed by atoms with Crippen molar-refractivity contribution in [3.8, 4) is 0 Å². The molecule has 0 aliphatic carbocycles. The summed E-state index contributed by atoms with van der Waals surface area (Å²) in [5.74, 6) is 0. The molecule has 7 heteroatoms. The monoisotopic (exact) mass is 210 g/mol. The topological polar surface area (TPSA) is 12.9 Å². The van der Waals surface area contributed by atoms with Crippen molar-refractivity contribution in [3.63, 3.8) is 0 Å². The average Bonchev–Trinajstić information content (AvgIpc) is 2.02. The number of nitrogens with zero attached hydrogens (tertiary/aromatic N) is 1. The predicted octanol–water partition coefficient (Wildman–Crippen LogP) is 2.95. The summed E-state index contributed by atoms with van der Waals surface area (Å²) in [5.41, 5.74) is -0.606. The molecule has 1 aromatic heterocycles. The Hall–Kier alpha value is -1.14. The Morgan fingerprint density at radius 1 is 1.21 bits per heavy atom. The van der Waals surface area contributed by atoms with E-state index in [1.807, 2.05) is 0 Å². The molecule has 0 atom stereocenters. The lowest BCUT2D eigenvalue weighted by Crippen LogP contribution is -2.20. The van der Waals surface area contributed by atoms with Crippen LogP contribution in [0.1, 0.15) is 17.7 Å². The first kappa shape index (κ1) is 10.9. The number of hydrogen-bond donors (Lipinski definition) is 0. The van der Waals surface area contributed by atoms with Crippen molar-refractivity contribution < 1.29 is 21.7 Å². The second-order valence-corrected chi connectivity index (χ2v) is 2.80. The molecule has 0 aliphatic heterocycles. The first-order valence-electron chi connectivity index (χ1n) is 3.82. The molecule has 0 saturated heterocycles. The van der Waals surface area contributed by atoms with Crippen LogP contribution >= 0.6 is 0 Å². The third-order valence-electron chi connectivity index (χ3n) is 1.54. The number of alkyl halides is 2. The Labute approximate surface area is 77.0 Å². The van der Waals surface area contributed by atoms with Crippen molar-refractivity contribution in [1.82, 2.24) is 4.98 Å². The van der Waals surface area contributed by atoms with Crippen LogP contribution < -0.4 is 0 Å². The fourth-order valence-electron chi connectivity index (χ4n) is 0.923. The highest BCUT2D eigenvalue weighted by Crippen LogP contribution is 2.19. The lowest BCUT2D eigenvalue weighted by Gasteiger charge is -2.12. The van der Waals surface area contributed by atoms with Gasteiger partial charge in [-0.3, -0.25) is 4.98 Å². The van der Waals surface area contributed by atoms with E-state index in [1.165, 1.54) is 0 Å². The number of aromatic nitrogens is 1. The number of halogens is 5. The fourth-order valence-corrected chi connectivity index (χ4v) is 0.923. The maximum Gasteiger partial charge on any atom is 0.484 e. The van der Waals surface area contributed by atoms with Crippen molar-refractivity contribution in [1.29, 1.82) is 0 Å². The van der Waals surface area contributed by atoms with Crippen LogP contribution in [0, 0.1) is 0 Å². The normalized spacial score (nSPS) is 12.1. The molecule has 0 spiro atoms. The third kappa shape index (κ3) is 3.31. The van der Waals surface area contributed by atoms with Crippen LogP contribution in [0.3, 0.4) is 0 Å². The molecule has 1 heterocycles. The Balaban J connectivity index is 2.74. The molecule has 0 unspecified atom stereocenters. The Kier molecular flexibility index (Phi) is 3.08. The van der Waals surface area contributed by atoms with Crippen LogP contribution in [-0.2, 0) is 6.32 Å². The van der Waals surface area contributed by atoms with E-state index in [0.29, 0.717) is 0 Å². The number of rotatable bonds is 3. The molecule has 0 N–H and O–H groups in total. The predicted molar refractivity (Wildman–Crippen MR) is 42.0 cm³/mol. The van der Waals surface area contributed by atoms with E-state index in [1.54, 1.807) is 0 Å². The van der Waals surface area contributed by atoms with Crippen molar-refractivity contribution in [2.24, 2.45) is 0 Å². The standard InChI is InChI=1S/C7H6BF5N/c9-7(10)5-1-2-6(14-4-5)3-8(11,12)13/h1-2,4,7H,3H2/q-1. The zero-order valence-corrected chi connectivity index (χ0v) is 6.93. The van der Waals surface area contributed by atoms with E-state index in [9.17, 15) is 21.7 Å². The molecular formula is C7H6BF5N-. The molecule has 1 nitrogen and oxygen atoms in total. The molecule has 0 bridgehead atoms.